The third-order valence-corrected chi connectivity index (χ3v) is 4.32. The summed E-state index contributed by atoms with van der Waals surface area (Å²) in [5.41, 5.74) is 1.98. The van der Waals surface area contributed by atoms with Gasteiger partial charge in [0.2, 0.25) is 5.88 Å². The van der Waals surface area contributed by atoms with E-state index in [1.165, 1.54) is 0 Å². The molecule has 1 aliphatic rings. The Morgan fingerprint density at radius 3 is 2.70 bits per heavy atom. The van der Waals surface area contributed by atoms with Crippen molar-refractivity contribution in [1.82, 2.24) is 9.88 Å². The zero-order chi connectivity index (χ0) is 16.2. The summed E-state index contributed by atoms with van der Waals surface area (Å²) in [6.07, 6.45) is 0. The molecule has 0 aliphatic carbocycles. The van der Waals surface area contributed by atoms with Gasteiger partial charge in [0.15, 0.2) is 0 Å². The van der Waals surface area contributed by atoms with Crippen LogP contribution in [0, 0.1) is 5.92 Å². The molecular weight excluding hydrogens is 292 g/mol. The smallest absolute Gasteiger partial charge is 0.308 e. The lowest BCUT2D eigenvalue weighted by Crippen LogP contribution is -2.23. The van der Waals surface area contributed by atoms with E-state index in [0.29, 0.717) is 19.0 Å². The number of nitrogens with zero attached hydrogens (tertiary/aromatic N) is 2. The molecule has 1 fully saturated rings. The van der Waals surface area contributed by atoms with Gasteiger partial charge in [-0.2, -0.15) is 0 Å². The van der Waals surface area contributed by atoms with E-state index in [1.807, 2.05) is 42.5 Å². The lowest BCUT2D eigenvalue weighted by atomic mass is 9.89. The van der Waals surface area contributed by atoms with Gasteiger partial charge in [0, 0.05) is 31.6 Å². The first kappa shape index (κ1) is 15.5. The molecule has 1 saturated heterocycles. The van der Waals surface area contributed by atoms with Crippen LogP contribution >= 0.6 is 0 Å². The van der Waals surface area contributed by atoms with E-state index in [2.05, 4.69) is 9.88 Å². The number of pyridine rings is 1. The van der Waals surface area contributed by atoms with E-state index in [1.54, 1.807) is 13.2 Å². The van der Waals surface area contributed by atoms with Crippen molar-refractivity contribution in [2.24, 2.45) is 5.92 Å². The number of likely N-dealkylation sites (tertiary alicyclic amines) is 1. The molecule has 5 nitrogen and oxygen atoms in total. The van der Waals surface area contributed by atoms with Crippen LogP contribution in [-0.2, 0) is 11.3 Å². The molecule has 0 amide bonds. The minimum absolute atomic E-state index is 0.0132. The highest BCUT2D eigenvalue weighted by molar-refractivity contribution is 5.72. The average molecular weight is 312 g/mol. The van der Waals surface area contributed by atoms with E-state index >= 15 is 0 Å². The predicted molar refractivity (Wildman–Crippen MR) is 86.4 cm³/mol. The Balaban J connectivity index is 1.76. The molecule has 0 saturated carbocycles. The summed E-state index contributed by atoms with van der Waals surface area (Å²) in [4.78, 5) is 18.2. The largest absolute Gasteiger partial charge is 0.481 e. The fourth-order valence-electron chi connectivity index (χ4n) is 3.19. The van der Waals surface area contributed by atoms with Crippen LogP contribution in [0.3, 0.4) is 0 Å². The molecule has 0 unspecified atom stereocenters. The summed E-state index contributed by atoms with van der Waals surface area (Å²) in [6.45, 7) is 1.89. The molecule has 2 aromatic rings. The second-order valence-corrected chi connectivity index (χ2v) is 5.83. The molecule has 0 radical (unpaired) electrons. The van der Waals surface area contributed by atoms with Gasteiger partial charge in [-0.25, -0.2) is 4.98 Å². The molecule has 0 bridgehead atoms. The number of carboxylic acid groups (broad SMARTS) is 1. The van der Waals surface area contributed by atoms with Crippen molar-refractivity contribution in [2.45, 2.75) is 12.5 Å². The summed E-state index contributed by atoms with van der Waals surface area (Å²) in [5.74, 6) is -0.529. The van der Waals surface area contributed by atoms with Gasteiger partial charge in [-0.3, -0.25) is 9.69 Å². The van der Waals surface area contributed by atoms with Crippen LogP contribution in [0.25, 0.3) is 0 Å². The molecule has 1 aromatic heterocycles. The van der Waals surface area contributed by atoms with Gasteiger partial charge < -0.3 is 9.84 Å². The lowest BCUT2D eigenvalue weighted by Gasteiger charge is -2.16. The third kappa shape index (κ3) is 3.51. The summed E-state index contributed by atoms with van der Waals surface area (Å²) >= 11 is 0. The first-order chi connectivity index (χ1) is 11.2. The van der Waals surface area contributed by atoms with Crippen molar-refractivity contribution in [3.63, 3.8) is 0 Å². The first-order valence-corrected chi connectivity index (χ1v) is 7.67. The van der Waals surface area contributed by atoms with E-state index in [9.17, 15) is 9.90 Å². The minimum atomic E-state index is -0.736. The second kappa shape index (κ2) is 6.79. The maximum absolute atomic E-state index is 11.6. The van der Waals surface area contributed by atoms with Crippen LogP contribution in [0.1, 0.15) is 17.2 Å². The SMILES string of the molecule is COc1cccc(CN2C[C@H](c3ccccc3)[C@H](C(=O)O)C2)n1. The van der Waals surface area contributed by atoms with E-state index in [0.717, 1.165) is 17.8 Å². The molecule has 3 rings (SSSR count). The number of aliphatic carboxylic acids is 1. The van der Waals surface area contributed by atoms with Gasteiger partial charge >= 0.3 is 5.97 Å². The van der Waals surface area contributed by atoms with Crippen LogP contribution in [0.15, 0.2) is 48.5 Å². The van der Waals surface area contributed by atoms with Crippen LogP contribution in [0.5, 0.6) is 5.88 Å². The van der Waals surface area contributed by atoms with E-state index in [-0.39, 0.29) is 11.8 Å². The average Bonchev–Trinajstić information content (AvgIpc) is 3.00. The molecular formula is C18H20N2O3. The first-order valence-electron chi connectivity index (χ1n) is 7.67. The maximum Gasteiger partial charge on any atom is 0.308 e. The Morgan fingerprint density at radius 1 is 1.22 bits per heavy atom. The van der Waals surface area contributed by atoms with Gasteiger partial charge in [0.05, 0.1) is 18.7 Å². The van der Waals surface area contributed by atoms with Gasteiger partial charge in [0.25, 0.3) is 0 Å². The summed E-state index contributed by atoms with van der Waals surface area (Å²) in [6, 6.07) is 15.5. The summed E-state index contributed by atoms with van der Waals surface area (Å²) in [5, 5.41) is 9.55. The highest BCUT2D eigenvalue weighted by Crippen LogP contribution is 2.33. The zero-order valence-corrected chi connectivity index (χ0v) is 13.1. The minimum Gasteiger partial charge on any atom is -0.481 e. The molecule has 1 aromatic carbocycles. The fraction of sp³-hybridized carbons (Fsp3) is 0.333. The molecule has 5 heteroatoms. The standard InChI is InChI=1S/C18H20N2O3/c1-23-17-9-5-8-14(19-17)10-20-11-15(16(12-20)18(21)22)13-6-3-2-4-7-13/h2-9,15-16H,10-12H2,1H3,(H,21,22)/t15-,16-/m1/s1. The van der Waals surface area contributed by atoms with Crippen molar-refractivity contribution in [2.75, 3.05) is 20.2 Å². The Hall–Kier alpha value is -2.40. The molecule has 2 heterocycles. The third-order valence-electron chi connectivity index (χ3n) is 4.32. The Labute approximate surface area is 135 Å². The number of carbonyl (C=O) groups is 1. The number of aromatic nitrogens is 1. The molecule has 0 spiro atoms. The van der Waals surface area contributed by atoms with Crippen molar-refractivity contribution in [3.05, 3.63) is 59.8 Å². The number of benzene rings is 1. The van der Waals surface area contributed by atoms with Gasteiger partial charge in [-0.15, -0.1) is 0 Å². The summed E-state index contributed by atoms with van der Waals surface area (Å²) in [7, 11) is 1.59. The van der Waals surface area contributed by atoms with Gasteiger partial charge in [-0.05, 0) is 11.6 Å². The number of methoxy groups -OCH3 is 1. The monoisotopic (exact) mass is 312 g/mol. The molecule has 1 N–H and O–H groups in total. The molecule has 2 atom stereocenters. The predicted octanol–water partition coefficient (Wildman–Crippen LogP) is 2.39. The van der Waals surface area contributed by atoms with E-state index < -0.39 is 5.97 Å². The van der Waals surface area contributed by atoms with Crippen LogP contribution < -0.4 is 4.74 Å². The Morgan fingerprint density at radius 2 is 2.00 bits per heavy atom. The summed E-state index contributed by atoms with van der Waals surface area (Å²) < 4.78 is 5.15. The van der Waals surface area contributed by atoms with Crippen LogP contribution in [0.4, 0.5) is 0 Å². The highest BCUT2D eigenvalue weighted by Gasteiger charge is 2.38. The van der Waals surface area contributed by atoms with Crippen LogP contribution in [0.2, 0.25) is 0 Å². The number of hydrogen-bond donors (Lipinski definition) is 1. The van der Waals surface area contributed by atoms with Gasteiger partial charge in [-0.1, -0.05) is 36.4 Å². The normalized spacial score (nSPS) is 21.3. The molecule has 1 aliphatic heterocycles. The quantitative estimate of drug-likeness (QED) is 0.918. The second-order valence-electron chi connectivity index (χ2n) is 5.83. The fourth-order valence-corrected chi connectivity index (χ4v) is 3.19. The topological polar surface area (TPSA) is 62.7 Å². The van der Waals surface area contributed by atoms with Crippen molar-refractivity contribution < 1.29 is 14.6 Å². The van der Waals surface area contributed by atoms with Gasteiger partial charge in [0.1, 0.15) is 0 Å². The number of carboxylic acids is 1. The zero-order valence-electron chi connectivity index (χ0n) is 13.1. The van der Waals surface area contributed by atoms with Crippen molar-refractivity contribution >= 4 is 5.97 Å². The number of ether oxygens (including phenoxy) is 1. The number of hydrogen-bond acceptors (Lipinski definition) is 4. The number of rotatable bonds is 5. The maximum atomic E-state index is 11.6. The van der Waals surface area contributed by atoms with Crippen molar-refractivity contribution in [3.8, 4) is 5.88 Å². The van der Waals surface area contributed by atoms with Crippen LogP contribution in [-0.4, -0.2) is 41.2 Å². The molecule has 120 valence electrons. The lowest BCUT2D eigenvalue weighted by molar-refractivity contribution is -0.141. The highest BCUT2D eigenvalue weighted by atomic mass is 16.5. The Bertz CT molecular complexity index is 675. The molecule has 23 heavy (non-hydrogen) atoms. The van der Waals surface area contributed by atoms with E-state index in [4.69, 9.17) is 4.74 Å². The Kier molecular flexibility index (Phi) is 4.57. The van der Waals surface area contributed by atoms with Crippen molar-refractivity contribution in [1.29, 1.82) is 0 Å².